The fourth-order valence-corrected chi connectivity index (χ4v) is 6.89. The molecule has 0 atom stereocenters. The molecule has 0 spiro atoms. The molecule has 0 aliphatic rings. The van der Waals surface area contributed by atoms with Gasteiger partial charge in [-0.25, -0.2) is 0 Å². The van der Waals surface area contributed by atoms with Crippen LogP contribution in [0.25, 0.3) is 66.1 Å². The van der Waals surface area contributed by atoms with Gasteiger partial charge < -0.3 is 4.90 Å². The molecule has 1 heteroatoms. The van der Waals surface area contributed by atoms with Crippen molar-refractivity contribution < 1.29 is 5.48 Å². The number of rotatable bonds is 7. The Morgan fingerprint density at radius 1 is 0.294 bits per heavy atom. The first-order valence-corrected chi connectivity index (χ1v) is 17.2. The van der Waals surface area contributed by atoms with Crippen LogP contribution in [0.2, 0.25) is 0 Å². The maximum Gasteiger partial charge on any atom is 0.0645 e. The van der Waals surface area contributed by atoms with Gasteiger partial charge in [-0.1, -0.05) is 170 Å². The molecule has 0 heterocycles. The lowest BCUT2D eigenvalue weighted by molar-refractivity contribution is 1.28. The molecule has 0 aromatic heterocycles. The van der Waals surface area contributed by atoms with Crippen molar-refractivity contribution in [1.29, 1.82) is 0 Å². The highest BCUT2D eigenvalue weighted by molar-refractivity contribution is 5.97. The normalized spacial score (nSPS) is 12.2. The molecule has 0 N–H and O–H groups in total. The van der Waals surface area contributed by atoms with E-state index in [0.29, 0.717) is 5.56 Å². The molecule has 0 bridgehead atoms. The summed E-state index contributed by atoms with van der Waals surface area (Å²) in [6.45, 7) is 0. The first kappa shape index (κ1) is 26.2. The minimum absolute atomic E-state index is 0.0912. The highest BCUT2D eigenvalue weighted by Crippen LogP contribution is 2.39. The van der Waals surface area contributed by atoms with Gasteiger partial charge in [-0.2, -0.15) is 0 Å². The summed E-state index contributed by atoms with van der Waals surface area (Å²) in [5, 5.41) is 4.62. The van der Waals surface area contributed by atoms with Gasteiger partial charge in [0.2, 0.25) is 0 Å². The van der Waals surface area contributed by atoms with Crippen LogP contribution in [0.1, 0.15) is 5.48 Å². The highest BCUT2D eigenvalue weighted by atomic mass is 15.1. The average molecular weight is 654 g/mol. The third-order valence-corrected chi connectivity index (χ3v) is 9.53. The molecule has 0 saturated heterocycles. The predicted octanol–water partition coefficient (Wildman–Crippen LogP) is 14.1. The van der Waals surface area contributed by atoms with Crippen molar-refractivity contribution in [2.75, 3.05) is 4.90 Å². The van der Waals surface area contributed by atoms with Crippen LogP contribution in [0.4, 0.5) is 17.1 Å². The predicted molar refractivity (Wildman–Crippen MR) is 218 cm³/mol. The van der Waals surface area contributed by atoms with E-state index < -0.39 is 0 Å². The van der Waals surface area contributed by atoms with Gasteiger partial charge in [-0.3, -0.25) is 0 Å². The number of anilines is 3. The smallest absolute Gasteiger partial charge is 0.0645 e. The van der Waals surface area contributed by atoms with Crippen molar-refractivity contribution in [3.05, 3.63) is 212 Å². The molecule has 1 nitrogen and oxygen atoms in total. The molecule has 0 radical (unpaired) electrons. The fourth-order valence-electron chi connectivity index (χ4n) is 6.89. The van der Waals surface area contributed by atoms with E-state index in [4.69, 9.17) is 0 Å². The number of fused-ring (bicyclic) bond motifs is 2. The van der Waals surface area contributed by atoms with Crippen LogP contribution in [-0.4, -0.2) is 0 Å². The lowest BCUT2D eigenvalue weighted by Gasteiger charge is -2.26. The maximum absolute atomic E-state index is 9.47. The van der Waals surface area contributed by atoms with Crippen LogP contribution in [0.15, 0.2) is 212 Å². The second-order valence-electron chi connectivity index (χ2n) is 12.7. The Morgan fingerprint density at radius 3 is 1.63 bits per heavy atom. The Balaban J connectivity index is 1.19. The van der Waals surface area contributed by atoms with Crippen LogP contribution in [0.3, 0.4) is 0 Å². The molecule has 9 aromatic rings. The zero-order valence-corrected chi connectivity index (χ0v) is 27.8. The molecule has 0 unspecified atom stereocenters. The Labute approximate surface area is 305 Å². The SMILES string of the molecule is [2H]c1c([2H])c(N(c2ccc(-c3cccc4ccccc34)cc2)c2cccc(-c3ccc4ccccc4c3)c2)c([2H])c([2H])c1-c1ccc(-c2ccccc2)cc1. The Hall–Kier alpha value is -6.70. The number of hydrogen-bond acceptors (Lipinski definition) is 1. The van der Waals surface area contributed by atoms with Gasteiger partial charge in [-0.05, 0) is 108 Å². The maximum atomic E-state index is 9.47. The molecule has 51 heavy (non-hydrogen) atoms. The average Bonchev–Trinajstić information content (AvgIpc) is 3.25. The zero-order valence-electron chi connectivity index (χ0n) is 31.8. The van der Waals surface area contributed by atoms with Crippen LogP contribution in [-0.2, 0) is 0 Å². The monoisotopic (exact) mass is 653 g/mol. The molecular formula is C50H35N. The lowest BCUT2D eigenvalue weighted by atomic mass is 9.97. The van der Waals surface area contributed by atoms with Crippen LogP contribution < -0.4 is 4.90 Å². The summed E-state index contributed by atoms with van der Waals surface area (Å²) < 4.78 is 37.6. The van der Waals surface area contributed by atoms with Crippen molar-refractivity contribution in [2.45, 2.75) is 0 Å². The highest BCUT2D eigenvalue weighted by Gasteiger charge is 2.15. The zero-order chi connectivity index (χ0) is 37.5. The van der Waals surface area contributed by atoms with Crippen molar-refractivity contribution in [3.8, 4) is 44.5 Å². The molecule has 240 valence electrons. The summed E-state index contributed by atoms with van der Waals surface area (Å²) in [7, 11) is 0. The summed E-state index contributed by atoms with van der Waals surface area (Å²) in [6, 6.07) is 62.8. The van der Waals surface area contributed by atoms with Gasteiger partial charge >= 0.3 is 0 Å². The molecule has 0 aliphatic heterocycles. The van der Waals surface area contributed by atoms with Crippen molar-refractivity contribution in [3.63, 3.8) is 0 Å². The third kappa shape index (κ3) is 6.07. The molecule has 9 aromatic carbocycles. The topological polar surface area (TPSA) is 3.24 Å². The largest absolute Gasteiger partial charge is 0.310 e. The third-order valence-electron chi connectivity index (χ3n) is 9.53. The van der Waals surface area contributed by atoms with Gasteiger partial charge in [0.05, 0.1) is 5.48 Å². The Bertz CT molecular complexity index is 2810. The van der Waals surface area contributed by atoms with E-state index in [1.54, 1.807) is 0 Å². The minimum Gasteiger partial charge on any atom is -0.310 e. The molecule has 9 rings (SSSR count). The van der Waals surface area contributed by atoms with Crippen LogP contribution in [0.5, 0.6) is 0 Å². The quantitative estimate of drug-likeness (QED) is 0.165. The van der Waals surface area contributed by atoms with Crippen LogP contribution in [0, 0.1) is 0 Å². The van der Waals surface area contributed by atoms with Gasteiger partial charge in [0.25, 0.3) is 0 Å². The fraction of sp³-hybridized carbons (Fsp3) is 0. The van der Waals surface area contributed by atoms with E-state index in [1.807, 2.05) is 108 Å². The van der Waals surface area contributed by atoms with Crippen LogP contribution >= 0.6 is 0 Å². The molecule has 0 saturated carbocycles. The number of hydrogen-bond donors (Lipinski definition) is 0. The second-order valence-corrected chi connectivity index (χ2v) is 12.7. The van der Waals surface area contributed by atoms with E-state index in [2.05, 4.69) is 84.9 Å². The molecule has 0 aliphatic carbocycles. The molecule has 0 amide bonds. The summed E-state index contributed by atoms with van der Waals surface area (Å²) in [4.78, 5) is 1.86. The summed E-state index contributed by atoms with van der Waals surface area (Å²) in [5.41, 5.74) is 8.80. The van der Waals surface area contributed by atoms with Gasteiger partial charge in [0, 0.05) is 17.1 Å². The first-order valence-electron chi connectivity index (χ1n) is 19.2. The lowest BCUT2D eigenvalue weighted by Crippen LogP contribution is -2.10. The first-order chi connectivity index (χ1) is 26.9. The number of benzene rings is 9. The summed E-state index contributed by atoms with van der Waals surface area (Å²) >= 11 is 0. The number of nitrogens with zero attached hydrogens (tertiary/aromatic N) is 1. The van der Waals surface area contributed by atoms with Crippen molar-refractivity contribution >= 4 is 38.6 Å². The second kappa shape index (κ2) is 13.3. The van der Waals surface area contributed by atoms with E-state index in [9.17, 15) is 5.48 Å². The van der Waals surface area contributed by atoms with Gasteiger partial charge in [0.1, 0.15) is 0 Å². The molecule has 0 fully saturated rings. The minimum atomic E-state index is -0.114. The summed E-state index contributed by atoms with van der Waals surface area (Å²) in [6.07, 6.45) is 0. The van der Waals surface area contributed by atoms with E-state index >= 15 is 0 Å². The standard InChI is InChI=1S/C50H35N/c1-2-10-36(11-3-1)38-20-22-39(23-21-38)40-26-30-46(31-27-40)51(47-32-28-42(29-33-47)50-19-9-15-41-13-6-7-18-49(41)50)48-17-8-16-44(35-48)45-25-24-37-12-4-5-14-43(37)34-45/h1-35H/i26D,27D,30D,31D. The van der Waals surface area contributed by atoms with Crippen molar-refractivity contribution in [1.82, 2.24) is 0 Å². The van der Waals surface area contributed by atoms with Crippen molar-refractivity contribution in [2.24, 2.45) is 0 Å². The Kier molecular flexibility index (Phi) is 6.84. The van der Waals surface area contributed by atoms with E-state index in [1.165, 1.54) is 0 Å². The summed E-state index contributed by atoms with van der Waals surface area (Å²) in [5.74, 6) is 0. The van der Waals surface area contributed by atoms with E-state index in [-0.39, 0.29) is 35.4 Å². The Morgan fingerprint density at radius 2 is 0.843 bits per heavy atom. The van der Waals surface area contributed by atoms with Gasteiger partial charge in [-0.15, -0.1) is 0 Å². The van der Waals surface area contributed by atoms with E-state index in [0.717, 1.165) is 66.3 Å². The molecular weight excluding hydrogens is 615 g/mol. The van der Waals surface area contributed by atoms with Gasteiger partial charge in [0.15, 0.2) is 0 Å².